The average molecular weight is 338 g/mol. The van der Waals surface area contributed by atoms with Gasteiger partial charge in [-0.2, -0.15) is 0 Å². The molecule has 2 rings (SSSR count). The number of H-pyrrole nitrogens is 1. The summed E-state index contributed by atoms with van der Waals surface area (Å²) in [6, 6.07) is 0. The van der Waals surface area contributed by atoms with Crippen LogP contribution in [0.1, 0.15) is 39.0 Å². The van der Waals surface area contributed by atoms with Crippen molar-refractivity contribution in [1.82, 2.24) is 9.55 Å². The molecule has 130 valence electrons. The highest BCUT2D eigenvalue weighted by Gasteiger charge is 2.38. The number of nitrogens with one attached hydrogen (secondary N) is 1. The number of halogens is 1. The standard InChI is InChI=1S/C16H19FN2O5/c1-5-9-7-19(15(22)18-13(9)20)12-6-10(17)11(24-12)8-23-14(21)16(2,3)4/h1,7,10-12H,6,8H2,2-4H3,(H,18,20,22)/t10?,11-,12-/m0/s1. The van der Waals surface area contributed by atoms with Crippen molar-refractivity contribution in [3.05, 3.63) is 32.6 Å². The molecule has 3 atom stereocenters. The van der Waals surface area contributed by atoms with Crippen LogP contribution in [0.3, 0.4) is 0 Å². The van der Waals surface area contributed by atoms with Crippen LogP contribution in [-0.4, -0.2) is 34.4 Å². The smallest absolute Gasteiger partial charge is 0.330 e. The van der Waals surface area contributed by atoms with Crippen LogP contribution in [-0.2, 0) is 14.3 Å². The summed E-state index contributed by atoms with van der Waals surface area (Å²) in [7, 11) is 0. The Morgan fingerprint density at radius 1 is 1.54 bits per heavy atom. The summed E-state index contributed by atoms with van der Waals surface area (Å²) >= 11 is 0. The number of aromatic nitrogens is 2. The second kappa shape index (κ2) is 6.61. The quantitative estimate of drug-likeness (QED) is 0.648. The van der Waals surface area contributed by atoms with Crippen LogP contribution >= 0.6 is 0 Å². The first-order valence-electron chi connectivity index (χ1n) is 7.42. The van der Waals surface area contributed by atoms with Gasteiger partial charge in [0.25, 0.3) is 5.56 Å². The van der Waals surface area contributed by atoms with E-state index < -0.39 is 41.1 Å². The normalized spacial score (nSPS) is 23.7. The number of rotatable bonds is 3. The van der Waals surface area contributed by atoms with Gasteiger partial charge in [-0.05, 0) is 20.8 Å². The number of hydrogen-bond acceptors (Lipinski definition) is 5. The van der Waals surface area contributed by atoms with Gasteiger partial charge in [0.05, 0.1) is 5.41 Å². The fourth-order valence-corrected chi connectivity index (χ4v) is 2.19. The van der Waals surface area contributed by atoms with Gasteiger partial charge in [0, 0.05) is 12.6 Å². The molecule has 0 bridgehead atoms. The zero-order valence-corrected chi connectivity index (χ0v) is 13.7. The van der Waals surface area contributed by atoms with Crippen molar-refractivity contribution >= 4 is 5.97 Å². The van der Waals surface area contributed by atoms with Crippen LogP contribution in [0.25, 0.3) is 0 Å². The average Bonchev–Trinajstić information content (AvgIpc) is 2.84. The van der Waals surface area contributed by atoms with Crippen molar-refractivity contribution in [3.8, 4) is 12.3 Å². The summed E-state index contributed by atoms with van der Waals surface area (Å²) in [5.41, 5.74) is -2.20. The van der Waals surface area contributed by atoms with E-state index in [0.717, 1.165) is 10.8 Å². The molecule has 1 aromatic rings. The molecule has 24 heavy (non-hydrogen) atoms. The van der Waals surface area contributed by atoms with Crippen molar-refractivity contribution in [3.63, 3.8) is 0 Å². The van der Waals surface area contributed by atoms with E-state index in [0.29, 0.717) is 0 Å². The van der Waals surface area contributed by atoms with Crippen LogP contribution in [0.15, 0.2) is 15.8 Å². The summed E-state index contributed by atoms with van der Waals surface area (Å²) < 4.78 is 25.7. The Morgan fingerprint density at radius 2 is 2.21 bits per heavy atom. The Morgan fingerprint density at radius 3 is 2.79 bits per heavy atom. The molecular formula is C16H19FN2O5. The number of esters is 1. The van der Waals surface area contributed by atoms with E-state index in [4.69, 9.17) is 15.9 Å². The van der Waals surface area contributed by atoms with Crippen molar-refractivity contribution in [2.45, 2.75) is 45.7 Å². The fraction of sp³-hybridized carbons (Fsp3) is 0.562. The summed E-state index contributed by atoms with van der Waals surface area (Å²) in [5.74, 6) is 1.67. The lowest BCUT2D eigenvalue weighted by Gasteiger charge is -2.20. The number of hydrogen-bond donors (Lipinski definition) is 1. The van der Waals surface area contributed by atoms with Gasteiger partial charge in [-0.25, -0.2) is 9.18 Å². The minimum atomic E-state index is -1.42. The topological polar surface area (TPSA) is 90.4 Å². The fourth-order valence-electron chi connectivity index (χ4n) is 2.19. The van der Waals surface area contributed by atoms with Gasteiger partial charge in [0.2, 0.25) is 0 Å². The Labute approximate surface area is 137 Å². The first kappa shape index (κ1) is 17.9. The van der Waals surface area contributed by atoms with E-state index in [2.05, 4.69) is 10.9 Å². The third kappa shape index (κ3) is 3.74. The highest BCUT2D eigenvalue weighted by Crippen LogP contribution is 2.30. The molecule has 1 N–H and O–H groups in total. The van der Waals surface area contributed by atoms with Crippen LogP contribution in [0.2, 0.25) is 0 Å². The van der Waals surface area contributed by atoms with Crippen LogP contribution < -0.4 is 11.2 Å². The number of ether oxygens (including phenoxy) is 2. The molecule has 1 aliphatic heterocycles. The zero-order chi connectivity index (χ0) is 18.1. The van der Waals surface area contributed by atoms with Gasteiger partial charge < -0.3 is 9.47 Å². The van der Waals surface area contributed by atoms with Crippen molar-refractivity contribution in [2.75, 3.05) is 6.61 Å². The molecule has 0 amide bonds. The lowest BCUT2D eigenvalue weighted by molar-refractivity contribution is -0.158. The van der Waals surface area contributed by atoms with E-state index >= 15 is 0 Å². The minimum absolute atomic E-state index is 0.0591. The molecule has 1 fully saturated rings. The van der Waals surface area contributed by atoms with Crippen molar-refractivity contribution in [1.29, 1.82) is 0 Å². The number of carbonyl (C=O) groups excluding carboxylic acids is 1. The Balaban J connectivity index is 2.12. The van der Waals surface area contributed by atoms with Crippen LogP contribution in [0, 0.1) is 17.8 Å². The Kier molecular flexibility index (Phi) is 4.94. The highest BCUT2D eigenvalue weighted by atomic mass is 19.1. The van der Waals surface area contributed by atoms with Crippen LogP contribution in [0.4, 0.5) is 4.39 Å². The second-order valence-electron chi connectivity index (χ2n) is 6.58. The van der Waals surface area contributed by atoms with Crippen molar-refractivity contribution in [2.24, 2.45) is 5.41 Å². The summed E-state index contributed by atoms with van der Waals surface area (Å²) in [6.45, 7) is 4.79. The highest BCUT2D eigenvalue weighted by molar-refractivity contribution is 5.75. The maximum Gasteiger partial charge on any atom is 0.330 e. The maximum atomic E-state index is 14.1. The van der Waals surface area contributed by atoms with E-state index in [1.165, 1.54) is 0 Å². The van der Waals surface area contributed by atoms with Gasteiger partial charge in [-0.15, -0.1) is 6.42 Å². The molecule has 0 spiro atoms. The predicted molar refractivity (Wildman–Crippen MR) is 83.1 cm³/mol. The molecule has 0 aromatic carbocycles. The molecule has 0 saturated carbocycles. The van der Waals surface area contributed by atoms with Crippen LogP contribution in [0.5, 0.6) is 0 Å². The molecule has 1 saturated heterocycles. The minimum Gasteiger partial charge on any atom is -0.462 e. The molecule has 8 heteroatoms. The summed E-state index contributed by atoms with van der Waals surface area (Å²) in [5, 5.41) is 0. The monoisotopic (exact) mass is 338 g/mol. The second-order valence-corrected chi connectivity index (χ2v) is 6.58. The first-order chi connectivity index (χ1) is 11.1. The number of alkyl halides is 1. The van der Waals surface area contributed by atoms with Gasteiger partial charge in [0.1, 0.15) is 30.7 Å². The van der Waals surface area contributed by atoms with Gasteiger partial charge in [0.15, 0.2) is 0 Å². The molecule has 7 nitrogen and oxygen atoms in total. The Bertz CT molecular complexity index is 783. The largest absolute Gasteiger partial charge is 0.462 e. The number of terminal acetylenes is 1. The SMILES string of the molecule is C#Cc1cn([C@@H]2CC(F)[C@H](COC(=O)C(C)(C)C)O2)c(=O)[nH]c1=O. The molecule has 1 aromatic heterocycles. The number of nitrogens with zero attached hydrogens (tertiary/aromatic N) is 1. The lowest BCUT2D eigenvalue weighted by atomic mass is 9.97. The van der Waals surface area contributed by atoms with Gasteiger partial charge >= 0.3 is 11.7 Å². The van der Waals surface area contributed by atoms with Gasteiger partial charge in [-0.1, -0.05) is 5.92 Å². The summed E-state index contributed by atoms with van der Waals surface area (Å²) in [4.78, 5) is 37.1. The molecule has 1 aliphatic rings. The first-order valence-corrected chi connectivity index (χ1v) is 7.42. The third-order valence-corrected chi connectivity index (χ3v) is 3.59. The molecular weight excluding hydrogens is 319 g/mol. The maximum absolute atomic E-state index is 14.1. The molecule has 1 unspecified atom stereocenters. The Hall–Kier alpha value is -2.40. The predicted octanol–water partition coefficient (Wildman–Crippen LogP) is 0.733. The van der Waals surface area contributed by atoms with E-state index in [1.807, 2.05) is 0 Å². The number of carbonyl (C=O) groups is 1. The molecule has 0 radical (unpaired) electrons. The summed E-state index contributed by atoms with van der Waals surface area (Å²) in [6.07, 6.45) is 2.88. The zero-order valence-electron chi connectivity index (χ0n) is 13.7. The number of aromatic amines is 1. The van der Waals surface area contributed by atoms with E-state index in [9.17, 15) is 18.8 Å². The van der Waals surface area contributed by atoms with E-state index in [-0.39, 0.29) is 18.6 Å². The molecule has 0 aliphatic carbocycles. The van der Waals surface area contributed by atoms with Crippen molar-refractivity contribution < 1.29 is 18.7 Å². The molecule has 2 heterocycles. The lowest BCUT2D eigenvalue weighted by Crippen LogP contribution is -2.34. The van der Waals surface area contributed by atoms with Gasteiger partial charge in [-0.3, -0.25) is 19.1 Å². The third-order valence-electron chi connectivity index (χ3n) is 3.59. The van der Waals surface area contributed by atoms with E-state index in [1.54, 1.807) is 20.8 Å².